The molecule has 2 aromatic rings. The molecule has 1 aliphatic heterocycles. The van der Waals surface area contributed by atoms with E-state index < -0.39 is 0 Å². The number of aliphatic imine (C=N–C) groups is 1. The topological polar surface area (TPSA) is 30.9 Å². The number of nitrogens with one attached hydrogen (secondary N) is 1. The van der Waals surface area contributed by atoms with Crippen LogP contribution in [0.3, 0.4) is 0 Å². The van der Waals surface area contributed by atoms with E-state index in [4.69, 9.17) is 0 Å². The van der Waals surface area contributed by atoms with Crippen LogP contribution in [0.1, 0.15) is 5.56 Å². The number of nitrogens with zero attached hydrogens (tertiary/aromatic N) is 3. The third-order valence-electron chi connectivity index (χ3n) is 4.22. The zero-order valence-electron chi connectivity index (χ0n) is 13.9. The molecule has 0 spiro atoms. The van der Waals surface area contributed by atoms with Gasteiger partial charge in [0.1, 0.15) is 5.82 Å². The van der Waals surface area contributed by atoms with Gasteiger partial charge in [0.2, 0.25) is 0 Å². The number of anilines is 1. The van der Waals surface area contributed by atoms with Crippen LogP contribution in [0.5, 0.6) is 0 Å². The molecule has 128 valence electrons. The molecule has 6 heteroatoms. The first kappa shape index (κ1) is 16.8. The van der Waals surface area contributed by atoms with Gasteiger partial charge in [0.05, 0.1) is 5.00 Å². The van der Waals surface area contributed by atoms with E-state index in [-0.39, 0.29) is 5.82 Å². The number of halogens is 1. The molecule has 0 saturated carbocycles. The average molecular weight is 346 g/mol. The van der Waals surface area contributed by atoms with Gasteiger partial charge in [-0.15, -0.1) is 11.3 Å². The quantitative estimate of drug-likeness (QED) is 0.682. The second kappa shape index (κ2) is 8.15. The molecule has 0 atom stereocenters. The lowest BCUT2D eigenvalue weighted by Crippen LogP contribution is -2.52. The van der Waals surface area contributed by atoms with Gasteiger partial charge in [-0.2, -0.15) is 0 Å². The first-order chi connectivity index (χ1) is 11.8. The van der Waals surface area contributed by atoms with E-state index in [1.165, 1.54) is 17.1 Å². The largest absolute Gasteiger partial charge is 0.360 e. The zero-order valence-corrected chi connectivity index (χ0v) is 14.7. The SMILES string of the molecule is CN=C(NCCc1ccc(F)cc1)N1CCN(c2cccs2)CC1. The summed E-state index contributed by atoms with van der Waals surface area (Å²) in [6.45, 7) is 4.75. The fraction of sp³-hybridized carbons (Fsp3) is 0.389. The summed E-state index contributed by atoms with van der Waals surface area (Å²) in [6, 6.07) is 11.0. The van der Waals surface area contributed by atoms with Crippen molar-refractivity contribution in [1.82, 2.24) is 10.2 Å². The van der Waals surface area contributed by atoms with Crippen molar-refractivity contribution in [2.45, 2.75) is 6.42 Å². The fourth-order valence-corrected chi connectivity index (χ4v) is 3.68. The van der Waals surface area contributed by atoms with Gasteiger partial charge in [-0.25, -0.2) is 4.39 Å². The average Bonchev–Trinajstić information content (AvgIpc) is 3.15. The predicted octanol–water partition coefficient (Wildman–Crippen LogP) is 2.83. The third kappa shape index (κ3) is 4.26. The third-order valence-corrected chi connectivity index (χ3v) is 5.15. The van der Waals surface area contributed by atoms with Crippen LogP contribution >= 0.6 is 11.3 Å². The summed E-state index contributed by atoms with van der Waals surface area (Å²) in [4.78, 5) is 9.12. The van der Waals surface area contributed by atoms with Crippen molar-refractivity contribution in [3.63, 3.8) is 0 Å². The molecule has 1 fully saturated rings. The molecule has 1 aliphatic rings. The molecule has 4 nitrogen and oxygen atoms in total. The van der Waals surface area contributed by atoms with E-state index in [0.29, 0.717) is 0 Å². The Balaban J connectivity index is 1.46. The molecule has 2 heterocycles. The van der Waals surface area contributed by atoms with Gasteiger partial charge in [0.25, 0.3) is 0 Å². The van der Waals surface area contributed by atoms with E-state index in [1.807, 2.05) is 19.2 Å². The summed E-state index contributed by atoms with van der Waals surface area (Å²) in [6.07, 6.45) is 0.856. The van der Waals surface area contributed by atoms with Gasteiger partial charge >= 0.3 is 0 Å². The highest BCUT2D eigenvalue weighted by molar-refractivity contribution is 7.14. The standard InChI is InChI=1S/C18H23FN4S/c1-20-18(21-9-8-15-4-6-16(19)7-5-15)23-12-10-22(11-13-23)17-3-2-14-24-17/h2-7,14H,8-13H2,1H3,(H,20,21). The Morgan fingerprint density at radius 2 is 1.92 bits per heavy atom. The maximum Gasteiger partial charge on any atom is 0.193 e. The predicted molar refractivity (Wildman–Crippen MR) is 99.6 cm³/mol. The van der Waals surface area contributed by atoms with Crippen LogP contribution in [-0.4, -0.2) is 50.6 Å². The normalized spacial score (nSPS) is 15.7. The van der Waals surface area contributed by atoms with Crippen LogP contribution < -0.4 is 10.2 Å². The Morgan fingerprint density at radius 3 is 2.54 bits per heavy atom. The van der Waals surface area contributed by atoms with Crippen LogP contribution in [0.4, 0.5) is 9.39 Å². The molecule has 1 aromatic carbocycles. The zero-order chi connectivity index (χ0) is 16.8. The molecule has 1 saturated heterocycles. The van der Waals surface area contributed by atoms with Crippen LogP contribution in [0.2, 0.25) is 0 Å². The molecule has 0 amide bonds. The molecular formula is C18H23FN4S. The van der Waals surface area contributed by atoms with Crippen molar-refractivity contribution in [2.75, 3.05) is 44.7 Å². The van der Waals surface area contributed by atoms with E-state index in [9.17, 15) is 4.39 Å². The molecule has 24 heavy (non-hydrogen) atoms. The maximum atomic E-state index is 12.9. The van der Waals surface area contributed by atoms with Crippen molar-refractivity contribution >= 4 is 22.3 Å². The molecule has 0 unspecified atom stereocenters. The smallest absolute Gasteiger partial charge is 0.193 e. The van der Waals surface area contributed by atoms with Gasteiger partial charge in [-0.05, 0) is 41.6 Å². The highest BCUT2D eigenvalue weighted by atomic mass is 32.1. The molecule has 3 rings (SSSR count). The number of piperazine rings is 1. The Hall–Kier alpha value is -2.08. The Bertz CT molecular complexity index is 646. The minimum Gasteiger partial charge on any atom is -0.360 e. The summed E-state index contributed by atoms with van der Waals surface area (Å²) in [5.41, 5.74) is 1.13. The van der Waals surface area contributed by atoms with Gasteiger partial charge in [0.15, 0.2) is 5.96 Å². The van der Waals surface area contributed by atoms with E-state index >= 15 is 0 Å². The van der Waals surface area contributed by atoms with Crippen LogP contribution in [0, 0.1) is 5.82 Å². The van der Waals surface area contributed by atoms with Crippen molar-refractivity contribution < 1.29 is 4.39 Å². The number of benzene rings is 1. The van der Waals surface area contributed by atoms with Crippen LogP contribution in [0.15, 0.2) is 46.8 Å². The summed E-state index contributed by atoms with van der Waals surface area (Å²) in [7, 11) is 1.83. The minimum atomic E-state index is -0.189. The van der Waals surface area contributed by atoms with Crippen molar-refractivity contribution in [2.24, 2.45) is 4.99 Å². The van der Waals surface area contributed by atoms with Gasteiger partial charge in [-0.1, -0.05) is 12.1 Å². The highest BCUT2D eigenvalue weighted by Gasteiger charge is 2.19. The van der Waals surface area contributed by atoms with Crippen LogP contribution in [0.25, 0.3) is 0 Å². The fourth-order valence-electron chi connectivity index (χ4n) is 2.89. The molecule has 1 N–H and O–H groups in total. The van der Waals surface area contributed by atoms with Gasteiger partial charge in [-0.3, -0.25) is 4.99 Å². The van der Waals surface area contributed by atoms with Gasteiger partial charge < -0.3 is 15.1 Å². The first-order valence-corrected chi connectivity index (χ1v) is 9.13. The molecule has 0 radical (unpaired) electrons. The molecule has 0 bridgehead atoms. The summed E-state index contributed by atoms with van der Waals surface area (Å²) in [5.74, 6) is 0.758. The maximum absolute atomic E-state index is 12.9. The Morgan fingerprint density at radius 1 is 1.17 bits per heavy atom. The highest BCUT2D eigenvalue weighted by Crippen LogP contribution is 2.22. The second-order valence-corrected chi connectivity index (χ2v) is 6.70. The van der Waals surface area contributed by atoms with E-state index in [1.54, 1.807) is 11.3 Å². The van der Waals surface area contributed by atoms with E-state index in [0.717, 1.165) is 50.7 Å². The summed E-state index contributed by atoms with van der Waals surface area (Å²) >= 11 is 1.79. The van der Waals surface area contributed by atoms with Gasteiger partial charge in [0, 0.05) is 39.8 Å². The van der Waals surface area contributed by atoms with Crippen molar-refractivity contribution in [3.8, 4) is 0 Å². The number of guanidine groups is 1. The lowest BCUT2D eigenvalue weighted by atomic mass is 10.1. The minimum absolute atomic E-state index is 0.189. The Labute approximate surface area is 146 Å². The number of hydrogen-bond donors (Lipinski definition) is 1. The van der Waals surface area contributed by atoms with Crippen molar-refractivity contribution in [1.29, 1.82) is 0 Å². The number of rotatable bonds is 4. The van der Waals surface area contributed by atoms with Crippen LogP contribution in [-0.2, 0) is 6.42 Å². The van der Waals surface area contributed by atoms with Crippen molar-refractivity contribution in [3.05, 3.63) is 53.2 Å². The number of thiophene rings is 1. The first-order valence-electron chi connectivity index (χ1n) is 8.25. The lowest BCUT2D eigenvalue weighted by molar-refractivity contribution is 0.374. The lowest BCUT2D eigenvalue weighted by Gasteiger charge is -2.37. The van der Waals surface area contributed by atoms with E-state index in [2.05, 4.69) is 37.6 Å². The summed E-state index contributed by atoms with van der Waals surface area (Å²) in [5, 5.41) is 6.88. The monoisotopic (exact) mass is 346 g/mol. The molecular weight excluding hydrogens is 323 g/mol. The Kier molecular flexibility index (Phi) is 5.69. The molecule has 0 aliphatic carbocycles. The summed E-state index contributed by atoms with van der Waals surface area (Å²) < 4.78 is 12.9. The number of hydrogen-bond acceptors (Lipinski definition) is 3. The second-order valence-electron chi connectivity index (χ2n) is 5.78. The molecule has 1 aromatic heterocycles.